The number of nitrogens with one attached hydrogen (secondary N) is 1. The Balaban J connectivity index is 1.94. The highest BCUT2D eigenvalue weighted by atomic mass is 16.3. The molecule has 0 bridgehead atoms. The van der Waals surface area contributed by atoms with Crippen molar-refractivity contribution < 1.29 is 14.7 Å². The molecule has 5 nitrogen and oxygen atoms in total. The maximum atomic E-state index is 12.5. The molecule has 2 aliphatic rings. The van der Waals surface area contributed by atoms with E-state index in [1.54, 1.807) is 13.8 Å². The van der Waals surface area contributed by atoms with Crippen molar-refractivity contribution in [3.05, 3.63) is 0 Å². The minimum atomic E-state index is -0.999. The number of carbonyl (C=O) groups is 2. The smallest absolute Gasteiger partial charge is 0.225 e. The van der Waals surface area contributed by atoms with Gasteiger partial charge < -0.3 is 15.3 Å². The quantitative estimate of drug-likeness (QED) is 0.821. The molecule has 1 saturated heterocycles. The monoisotopic (exact) mass is 296 g/mol. The van der Waals surface area contributed by atoms with Crippen molar-refractivity contribution in [1.29, 1.82) is 0 Å². The Hall–Kier alpha value is -1.10. The van der Waals surface area contributed by atoms with Crippen LogP contribution in [-0.4, -0.2) is 46.1 Å². The number of likely N-dealkylation sites (tertiary alicyclic amines) is 1. The van der Waals surface area contributed by atoms with Gasteiger partial charge in [-0.25, -0.2) is 0 Å². The molecular formula is C16H28N2O3. The molecule has 0 aromatic rings. The molecular weight excluding hydrogens is 268 g/mol. The van der Waals surface area contributed by atoms with Gasteiger partial charge in [0, 0.05) is 19.0 Å². The highest BCUT2D eigenvalue weighted by Crippen LogP contribution is 2.32. The number of aliphatic hydroxyl groups is 1. The maximum Gasteiger partial charge on any atom is 0.225 e. The molecule has 0 spiro atoms. The van der Waals surface area contributed by atoms with Crippen LogP contribution in [0.4, 0.5) is 0 Å². The Kier molecular flexibility index (Phi) is 4.34. The van der Waals surface area contributed by atoms with Crippen molar-refractivity contribution in [3.63, 3.8) is 0 Å². The lowest BCUT2D eigenvalue weighted by Crippen LogP contribution is -2.60. The van der Waals surface area contributed by atoms with E-state index in [4.69, 9.17) is 0 Å². The standard InChI is InChI=1S/C16H28N2O3/c1-15(2,16(3,4)21)17-13(19)12-6-5-9-18(10-12)14(20)11-7-8-11/h11-12,21H,5-10H2,1-4H3,(H,17,19). The van der Waals surface area contributed by atoms with Crippen LogP contribution in [-0.2, 0) is 9.59 Å². The molecule has 1 atom stereocenters. The predicted octanol–water partition coefficient (Wildman–Crippen LogP) is 1.30. The third-order valence-corrected chi connectivity index (χ3v) is 5.00. The van der Waals surface area contributed by atoms with Gasteiger partial charge in [0.15, 0.2) is 0 Å². The van der Waals surface area contributed by atoms with E-state index < -0.39 is 11.1 Å². The number of hydrogen-bond acceptors (Lipinski definition) is 3. The van der Waals surface area contributed by atoms with Crippen molar-refractivity contribution >= 4 is 11.8 Å². The topological polar surface area (TPSA) is 69.6 Å². The zero-order valence-electron chi connectivity index (χ0n) is 13.6. The summed E-state index contributed by atoms with van der Waals surface area (Å²) in [6.45, 7) is 8.31. The minimum absolute atomic E-state index is 0.0598. The number of rotatable bonds is 4. The third-order valence-electron chi connectivity index (χ3n) is 5.00. The summed E-state index contributed by atoms with van der Waals surface area (Å²) in [5.41, 5.74) is -1.70. The van der Waals surface area contributed by atoms with E-state index in [2.05, 4.69) is 5.32 Å². The van der Waals surface area contributed by atoms with Crippen molar-refractivity contribution in [3.8, 4) is 0 Å². The molecule has 1 heterocycles. The van der Waals surface area contributed by atoms with Gasteiger partial charge in [-0.05, 0) is 53.4 Å². The van der Waals surface area contributed by atoms with E-state index in [0.29, 0.717) is 6.54 Å². The summed E-state index contributed by atoms with van der Waals surface area (Å²) in [6.07, 6.45) is 3.68. The van der Waals surface area contributed by atoms with Gasteiger partial charge in [0.25, 0.3) is 0 Å². The summed E-state index contributed by atoms with van der Waals surface area (Å²) in [4.78, 5) is 26.4. The lowest BCUT2D eigenvalue weighted by Gasteiger charge is -2.40. The van der Waals surface area contributed by atoms with E-state index in [0.717, 1.165) is 32.2 Å². The van der Waals surface area contributed by atoms with Crippen LogP contribution >= 0.6 is 0 Å². The van der Waals surface area contributed by atoms with Gasteiger partial charge in [-0.2, -0.15) is 0 Å². The van der Waals surface area contributed by atoms with Gasteiger partial charge in [0.05, 0.1) is 17.1 Å². The fourth-order valence-electron chi connectivity index (χ4n) is 2.54. The van der Waals surface area contributed by atoms with Crippen molar-refractivity contribution in [2.45, 2.75) is 64.5 Å². The van der Waals surface area contributed by atoms with E-state index >= 15 is 0 Å². The van der Waals surface area contributed by atoms with E-state index in [1.165, 1.54) is 0 Å². The van der Waals surface area contributed by atoms with E-state index in [-0.39, 0.29) is 23.7 Å². The molecule has 1 saturated carbocycles. The number of nitrogens with zero attached hydrogens (tertiary/aromatic N) is 1. The summed E-state index contributed by atoms with van der Waals surface area (Å²) in [5.74, 6) is 0.201. The molecule has 2 rings (SSSR count). The molecule has 2 amide bonds. The molecule has 1 unspecified atom stereocenters. The molecule has 0 radical (unpaired) electrons. The molecule has 2 fully saturated rings. The van der Waals surface area contributed by atoms with Crippen LogP contribution in [0.3, 0.4) is 0 Å². The molecule has 120 valence electrons. The summed E-state index contributed by atoms with van der Waals surface area (Å²) < 4.78 is 0. The van der Waals surface area contributed by atoms with E-state index in [1.807, 2.05) is 18.7 Å². The van der Waals surface area contributed by atoms with Gasteiger partial charge in [0.1, 0.15) is 0 Å². The second kappa shape index (κ2) is 5.59. The van der Waals surface area contributed by atoms with Crippen molar-refractivity contribution in [1.82, 2.24) is 10.2 Å². The molecule has 2 N–H and O–H groups in total. The number of carbonyl (C=O) groups excluding carboxylic acids is 2. The van der Waals surface area contributed by atoms with Crippen molar-refractivity contribution in [2.75, 3.05) is 13.1 Å². The Labute approximate surface area is 127 Å². The number of hydrogen-bond donors (Lipinski definition) is 2. The average molecular weight is 296 g/mol. The molecule has 1 aliphatic carbocycles. The second-order valence-corrected chi connectivity index (χ2v) is 7.57. The third kappa shape index (κ3) is 3.76. The highest BCUT2D eigenvalue weighted by molar-refractivity contribution is 5.83. The fourth-order valence-corrected chi connectivity index (χ4v) is 2.54. The normalized spacial score (nSPS) is 23.9. The fraction of sp³-hybridized carbons (Fsp3) is 0.875. The second-order valence-electron chi connectivity index (χ2n) is 7.57. The van der Waals surface area contributed by atoms with Crippen LogP contribution in [0.5, 0.6) is 0 Å². The Morgan fingerprint density at radius 2 is 1.71 bits per heavy atom. The van der Waals surface area contributed by atoms with Gasteiger partial charge in [0.2, 0.25) is 11.8 Å². The van der Waals surface area contributed by atoms with Gasteiger partial charge in [-0.15, -0.1) is 0 Å². The molecule has 0 aromatic carbocycles. The predicted molar refractivity (Wildman–Crippen MR) is 80.5 cm³/mol. The molecule has 0 aromatic heterocycles. The number of amides is 2. The Morgan fingerprint density at radius 3 is 2.24 bits per heavy atom. The van der Waals surface area contributed by atoms with Crippen LogP contribution in [0.15, 0.2) is 0 Å². The minimum Gasteiger partial charge on any atom is -0.388 e. The first-order valence-corrected chi connectivity index (χ1v) is 7.95. The van der Waals surface area contributed by atoms with E-state index in [9.17, 15) is 14.7 Å². The highest BCUT2D eigenvalue weighted by Gasteiger charge is 2.40. The zero-order valence-corrected chi connectivity index (χ0v) is 13.6. The van der Waals surface area contributed by atoms with Crippen LogP contribution in [0.25, 0.3) is 0 Å². The molecule has 5 heteroatoms. The zero-order chi connectivity index (χ0) is 15.8. The van der Waals surface area contributed by atoms with Crippen LogP contribution in [0.1, 0.15) is 53.4 Å². The Morgan fingerprint density at radius 1 is 1.10 bits per heavy atom. The Bertz CT molecular complexity index is 422. The van der Waals surface area contributed by atoms with Crippen LogP contribution in [0, 0.1) is 11.8 Å². The number of piperidine rings is 1. The average Bonchev–Trinajstić information content (AvgIpc) is 3.20. The lowest BCUT2D eigenvalue weighted by molar-refractivity contribution is -0.138. The maximum absolute atomic E-state index is 12.5. The summed E-state index contributed by atoms with van der Waals surface area (Å²) >= 11 is 0. The van der Waals surface area contributed by atoms with Crippen LogP contribution < -0.4 is 5.32 Å². The summed E-state index contributed by atoms with van der Waals surface area (Å²) in [6, 6.07) is 0. The SMILES string of the molecule is CC(C)(O)C(C)(C)NC(=O)C1CCCN(C(=O)C2CC2)C1. The van der Waals surface area contributed by atoms with Gasteiger partial charge >= 0.3 is 0 Å². The molecule has 21 heavy (non-hydrogen) atoms. The first-order chi connectivity index (χ1) is 9.62. The van der Waals surface area contributed by atoms with Crippen LogP contribution in [0.2, 0.25) is 0 Å². The van der Waals surface area contributed by atoms with Crippen molar-refractivity contribution in [2.24, 2.45) is 11.8 Å². The summed E-state index contributed by atoms with van der Waals surface area (Å²) in [5, 5.41) is 13.1. The first-order valence-electron chi connectivity index (χ1n) is 7.95. The molecule has 1 aliphatic heterocycles. The van der Waals surface area contributed by atoms with Gasteiger partial charge in [-0.3, -0.25) is 9.59 Å². The largest absolute Gasteiger partial charge is 0.388 e. The lowest BCUT2D eigenvalue weighted by atomic mass is 9.85. The summed E-state index contributed by atoms with van der Waals surface area (Å²) in [7, 11) is 0. The first kappa shape index (κ1) is 16.3. The van der Waals surface area contributed by atoms with Gasteiger partial charge in [-0.1, -0.05) is 0 Å².